The lowest BCUT2D eigenvalue weighted by Crippen LogP contribution is -2.33. The molecule has 0 saturated carbocycles. The molecule has 0 aromatic heterocycles. The van der Waals surface area contributed by atoms with Gasteiger partial charge in [0.05, 0.1) is 6.10 Å². The van der Waals surface area contributed by atoms with E-state index in [2.05, 4.69) is 35.6 Å². The van der Waals surface area contributed by atoms with Gasteiger partial charge < -0.3 is 10.1 Å². The Kier molecular flexibility index (Phi) is 3.17. The van der Waals surface area contributed by atoms with Crippen molar-refractivity contribution >= 4 is 0 Å². The van der Waals surface area contributed by atoms with Crippen LogP contribution in [0, 0.1) is 0 Å². The van der Waals surface area contributed by atoms with Crippen molar-refractivity contribution in [2.24, 2.45) is 0 Å². The van der Waals surface area contributed by atoms with E-state index in [0.717, 1.165) is 19.4 Å². The molecule has 2 atom stereocenters. The minimum Gasteiger partial charge on any atom is -0.380 e. The van der Waals surface area contributed by atoms with Crippen molar-refractivity contribution in [1.29, 1.82) is 0 Å². The first-order valence-corrected chi connectivity index (χ1v) is 5.20. The fraction of sp³-hybridized carbons (Fsp3) is 0.500. The molecule has 0 amide bonds. The molecule has 2 nitrogen and oxygen atoms in total. The molecule has 0 radical (unpaired) electrons. The van der Waals surface area contributed by atoms with Crippen molar-refractivity contribution < 1.29 is 4.74 Å². The largest absolute Gasteiger partial charge is 0.380 e. The Hall–Kier alpha value is -0.860. The number of rotatable bonds is 3. The minimum absolute atomic E-state index is 0.384. The normalized spacial score (nSPS) is 26.6. The van der Waals surface area contributed by atoms with Gasteiger partial charge in [-0.25, -0.2) is 0 Å². The minimum atomic E-state index is 0.384. The predicted molar refractivity (Wildman–Crippen MR) is 57.4 cm³/mol. The van der Waals surface area contributed by atoms with Crippen molar-refractivity contribution in [3.05, 3.63) is 35.9 Å². The zero-order valence-electron chi connectivity index (χ0n) is 8.57. The summed E-state index contributed by atoms with van der Waals surface area (Å²) in [6.45, 7) is 1.08. The summed E-state index contributed by atoms with van der Waals surface area (Å²) in [5.74, 6) is 0. The second-order valence-electron chi connectivity index (χ2n) is 3.81. The van der Waals surface area contributed by atoms with Gasteiger partial charge in [0.15, 0.2) is 0 Å². The van der Waals surface area contributed by atoms with E-state index in [9.17, 15) is 0 Å². The fourth-order valence-electron chi connectivity index (χ4n) is 2.10. The molecule has 1 aliphatic rings. The quantitative estimate of drug-likeness (QED) is 0.783. The van der Waals surface area contributed by atoms with Gasteiger partial charge in [-0.05, 0) is 24.9 Å². The van der Waals surface area contributed by atoms with Crippen molar-refractivity contribution in [3.8, 4) is 0 Å². The van der Waals surface area contributed by atoms with Crippen molar-refractivity contribution in [2.45, 2.75) is 25.0 Å². The van der Waals surface area contributed by atoms with E-state index in [4.69, 9.17) is 4.74 Å². The van der Waals surface area contributed by atoms with E-state index < -0.39 is 0 Å². The summed E-state index contributed by atoms with van der Waals surface area (Å²) in [6.07, 6.45) is 2.59. The third-order valence-electron chi connectivity index (χ3n) is 2.89. The van der Waals surface area contributed by atoms with Gasteiger partial charge in [-0.1, -0.05) is 30.3 Å². The molecule has 0 aliphatic carbocycles. The van der Waals surface area contributed by atoms with Gasteiger partial charge in [0.2, 0.25) is 0 Å². The molecule has 0 spiro atoms. The van der Waals surface area contributed by atoms with Gasteiger partial charge >= 0.3 is 0 Å². The Labute approximate surface area is 85.3 Å². The highest BCUT2D eigenvalue weighted by molar-refractivity contribution is 5.16. The van der Waals surface area contributed by atoms with Gasteiger partial charge in [0, 0.05) is 13.2 Å². The topological polar surface area (TPSA) is 21.3 Å². The Bertz CT molecular complexity index is 273. The van der Waals surface area contributed by atoms with Crippen LogP contribution in [0.3, 0.4) is 0 Å². The summed E-state index contributed by atoms with van der Waals surface area (Å²) < 4.78 is 5.43. The van der Waals surface area contributed by atoms with Gasteiger partial charge in [0.1, 0.15) is 0 Å². The van der Waals surface area contributed by atoms with E-state index in [1.807, 2.05) is 0 Å². The highest BCUT2D eigenvalue weighted by Crippen LogP contribution is 2.15. The molecule has 76 valence electrons. The Morgan fingerprint density at radius 2 is 2.14 bits per heavy atom. The van der Waals surface area contributed by atoms with Gasteiger partial charge in [-0.15, -0.1) is 0 Å². The summed E-state index contributed by atoms with van der Waals surface area (Å²) in [5.41, 5.74) is 1.38. The summed E-state index contributed by atoms with van der Waals surface area (Å²) in [6, 6.07) is 11.1. The van der Waals surface area contributed by atoms with Crippen molar-refractivity contribution in [2.75, 3.05) is 13.7 Å². The zero-order chi connectivity index (χ0) is 9.80. The third-order valence-corrected chi connectivity index (χ3v) is 2.89. The molecular weight excluding hydrogens is 174 g/mol. The first-order valence-electron chi connectivity index (χ1n) is 5.20. The number of benzene rings is 1. The lowest BCUT2D eigenvalue weighted by atomic mass is 10.0. The van der Waals surface area contributed by atoms with Crippen molar-refractivity contribution in [1.82, 2.24) is 5.32 Å². The predicted octanol–water partition coefficient (Wildman–Crippen LogP) is 1.61. The van der Waals surface area contributed by atoms with Crippen LogP contribution < -0.4 is 5.32 Å². The standard InChI is InChI=1S/C12H17NO/c1-14-12-7-8-13-11(12)9-10-5-3-2-4-6-10/h2-6,11-13H,7-9H2,1H3/t11-,12+/m0/s1. The Balaban J connectivity index is 1.97. The van der Waals surface area contributed by atoms with E-state index in [1.54, 1.807) is 7.11 Å². The number of ether oxygens (including phenoxy) is 1. The van der Waals surface area contributed by atoms with Crippen LogP contribution in [0.2, 0.25) is 0 Å². The molecule has 0 bridgehead atoms. The average molecular weight is 191 g/mol. The molecule has 1 aromatic rings. The number of hydrogen-bond donors (Lipinski definition) is 1. The third kappa shape index (κ3) is 2.14. The SMILES string of the molecule is CO[C@@H]1CCN[C@H]1Cc1ccccc1. The highest BCUT2D eigenvalue weighted by Gasteiger charge is 2.26. The molecule has 1 saturated heterocycles. The lowest BCUT2D eigenvalue weighted by molar-refractivity contribution is 0.0920. The first-order chi connectivity index (χ1) is 6.90. The van der Waals surface area contributed by atoms with Crippen LogP contribution in [-0.2, 0) is 11.2 Å². The maximum absolute atomic E-state index is 5.43. The summed E-state index contributed by atoms with van der Waals surface area (Å²) >= 11 is 0. The van der Waals surface area contributed by atoms with Crippen molar-refractivity contribution in [3.63, 3.8) is 0 Å². The molecular formula is C12H17NO. The van der Waals surface area contributed by atoms with Gasteiger partial charge in [-0.2, -0.15) is 0 Å². The van der Waals surface area contributed by atoms with Crippen LogP contribution in [0.4, 0.5) is 0 Å². The van der Waals surface area contributed by atoms with Crippen LogP contribution in [0.1, 0.15) is 12.0 Å². The summed E-state index contributed by atoms with van der Waals surface area (Å²) in [5, 5.41) is 3.48. The van der Waals surface area contributed by atoms with Crippen LogP contribution in [0.5, 0.6) is 0 Å². The van der Waals surface area contributed by atoms with Crippen LogP contribution in [0.15, 0.2) is 30.3 Å². The zero-order valence-corrected chi connectivity index (χ0v) is 8.57. The molecule has 2 heteroatoms. The van der Waals surface area contributed by atoms with E-state index in [1.165, 1.54) is 5.56 Å². The lowest BCUT2D eigenvalue weighted by Gasteiger charge is -2.17. The molecule has 0 unspecified atom stereocenters. The molecule has 1 aliphatic heterocycles. The Morgan fingerprint density at radius 3 is 2.86 bits per heavy atom. The molecule has 1 fully saturated rings. The Morgan fingerprint density at radius 1 is 1.36 bits per heavy atom. The number of hydrogen-bond acceptors (Lipinski definition) is 2. The molecule has 1 aromatic carbocycles. The van der Waals surface area contributed by atoms with E-state index in [-0.39, 0.29) is 0 Å². The maximum Gasteiger partial charge on any atom is 0.0739 e. The first kappa shape index (κ1) is 9.69. The summed E-state index contributed by atoms with van der Waals surface area (Å²) in [4.78, 5) is 0. The number of methoxy groups -OCH3 is 1. The fourth-order valence-corrected chi connectivity index (χ4v) is 2.10. The van der Waals surface area contributed by atoms with Gasteiger partial charge in [0.25, 0.3) is 0 Å². The highest BCUT2D eigenvalue weighted by atomic mass is 16.5. The van der Waals surface area contributed by atoms with Crippen LogP contribution in [0.25, 0.3) is 0 Å². The summed E-state index contributed by atoms with van der Waals surface area (Å²) in [7, 11) is 1.80. The molecule has 2 rings (SSSR count). The molecule has 14 heavy (non-hydrogen) atoms. The molecule has 1 N–H and O–H groups in total. The van der Waals surface area contributed by atoms with E-state index >= 15 is 0 Å². The van der Waals surface area contributed by atoms with Crippen LogP contribution >= 0.6 is 0 Å². The monoisotopic (exact) mass is 191 g/mol. The maximum atomic E-state index is 5.43. The second kappa shape index (κ2) is 4.58. The van der Waals surface area contributed by atoms with Crippen LogP contribution in [-0.4, -0.2) is 25.8 Å². The van der Waals surface area contributed by atoms with Gasteiger partial charge in [-0.3, -0.25) is 0 Å². The average Bonchev–Trinajstić information content (AvgIpc) is 2.67. The molecule has 1 heterocycles. The van der Waals surface area contributed by atoms with E-state index in [0.29, 0.717) is 12.1 Å². The smallest absolute Gasteiger partial charge is 0.0739 e. The number of nitrogens with one attached hydrogen (secondary N) is 1. The second-order valence-corrected chi connectivity index (χ2v) is 3.81.